The first kappa shape index (κ1) is 14.9. The molecule has 7 heteroatoms. The summed E-state index contributed by atoms with van der Waals surface area (Å²) in [4.78, 5) is 14.3. The van der Waals surface area contributed by atoms with Crippen LogP contribution < -0.4 is 5.43 Å². The molecule has 0 aliphatic carbocycles. The maximum atomic E-state index is 13.7. The van der Waals surface area contributed by atoms with E-state index < -0.39 is 26.0 Å². The molecule has 3 aromatic rings. The number of nitriles is 1. The van der Waals surface area contributed by atoms with Crippen LogP contribution in [-0.2, 0) is 9.84 Å². The van der Waals surface area contributed by atoms with Crippen molar-refractivity contribution < 1.29 is 12.8 Å². The number of aromatic nitrogens is 1. The molecule has 0 aliphatic rings. The molecule has 0 aliphatic heterocycles. The third-order valence-electron chi connectivity index (χ3n) is 3.39. The first-order chi connectivity index (χ1) is 10.9. The van der Waals surface area contributed by atoms with Gasteiger partial charge in [0, 0.05) is 11.6 Å². The van der Waals surface area contributed by atoms with Gasteiger partial charge in [0.1, 0.15) is 10.7 Å². The van der Waals surface area contributed by atoms with E-state index in [2.05, 4.69) is 4.98 Å². The van der Waals surface area contributed by atoms with Crippen LogP contribution in [0.2, 0.25) is 0 Å². The van der Waals surface area contributed by atoms with Crippen molar-refractivity contribution in [1.82, 2.24) is 4.98 Å². The van der Waals surface area contributed by atoms with Gasteiger partial charge in [-0.05, 0) is 30.3 Å². The number of halogens is 1. The van der Waals surface area contributed by atoms with Gasteiger partial charge in [0.2, 0.25) is 15.3 Å². The van der Waals surface area contributed by atoms with E-state index in [0.29, 0.717) is 0 Å². The molecule has 0 fully saturated rings. The summed E-state index contributed by atoms with van der Waals surface area (Å²) in [6.45, 7) is 0. The fourth-order valence-electron chi connectivity index (χ4n) is 2.26. The summed E-state index contributed by atoms with van der Waals surface area (Å²) in [6, 6.07) is 11.1. The van der Waals surface area contributed by atoms with Crippen molar-refractivity contribution in [3.8, 4) is 6.07 Å². The fourth-order valence-corrected chi connectivity index (χ4v) is 3.62. The molecular formula is C16H9FN2O3S. The number of pyridine rings is 1. The molecule has 0 bridgehead atoms. The quantitative estimate of drug-likeness (QED) is 0.782. The van der Waals surface area contributed by atoms with Crippen LogP contribution in [0.3, 0.4) is 0 Å². The lowest BCUT2D eigenvalue weighted by atomic mass is 10.2. The average Bonchev–Trinajstić information content (AvgIpc) is 2.56. The van der Waals surface area contributed by atoms with E-state index in [0.717, 1.165) is 6.20 Å². The van der Waals surface area contributed by atoms with Crippen LogP contribution in [0.25, 0.3) is 10.9 Å². The summed E-state index contributed by atoms with van der Waals surface area (Å²) in [5.41, 5.74) is -0.683. The summed E-state index contributed by atoms with van der Waals surface area (Å²) in [7, 11) is -4.12. The number of rotatable bonds is 2. The van der Waals surface area contributed by atoms with Gasteiger partial charge in [-0.15, -0.1) is 0 Å². The second kappa shape index (κ2) is 5.34. The number of aromatic amines is 1. The van der Waals surface area contributed by atoms with Crippen molar-refractivity contribution in [3.63, 3.8) is 0 Å². The SMILES string of the molecule is N#Cc1cccc(S(=O)(=O)c2c[nH]c3c(F)cccc3c2=O)c1. The van der Waals surface area contributed by atoms with E-state index in [1.54, 1.807) is 0 Å². The Balaban J connectivity index is 2.29. The molecule has 0 saturated carbocycles. The zero-order valence-electron chi connectivity index (χ0n) is 11.6. The molecule has 3 rings (SSSR count). The lowest BCUT2D eigenvalue weighted by Gasteiger charge is -2.06. The highest BCUT2D eigenvalue weighted by molar-refractivity contribution is 7.91. The van der Waals surface area contributed by atoms with Crippen LogP contribution in [0.5, 0.6) is 0 Å². The Morgan fingerprint density at radius 3 is 2.61 bits per heavy atom. The maximum absolute atomic E-state index is 13.7. The molecule has 0 spiro atoms. The van der Waals surface area contributed by atoms with Crippen molar-refractivity contribution in [2.24, 2.45) is 0 Å². The Morgan fingerprint density at radius 1 is 1.13 bits per heavy atom. The topological polar surface area (TPSA) is 90.8 Å². The van der Waals surface area contributed by atoms with Crippen molar-refractivity contribution in [2.75, 3.05) is 0 Å². The van der Waals surface area contributed by atoms with Gasteiger partial charge in [0.05, 0.1) is 22.0 Å². The van der Waals surface area contributed by atoms with E-state index in [9.17, 15) is 17.6 Å². The summed E-state index contributed by atoms with van der Waals surface area (Å²) in [6.07, 6.45) is 0.974. The monoisotopic (exact) mass is 328 g/mol. The molecule has 0 radical (unpaired) electrons. The number of hydrogen-bond acceptors (Lipinski definition) is 4. The molecule has 0 saturated heterocycles. The maximum Gasteiger partial charge on any atom is 0.211 e. The molecule has 0 amide bonds. The van der Waals surface area contributed by atoms with Gasteiger partial charge in [0.25, 0.3) is 0 Å². The van der Waals surface area contributed by atoms with Crippen molar-refractivity contribution in [3.05, 3.63) is 70.3 Å². The average molecular weight is 328 g/mol. The number of sulfone groups is 1. The minimum absolute atomic E-state index is 0.0532. The van der Waals surface area contributed by atoms with E-state index in [4.69, 9.17) is 5.26 Å². The van der Waals surface area contributed by atoms with Gasteiger partial charge >= 0.3 is 0 Å². The van der Waals surface area contributed by atoms with Gasteiger partial charge in [-0.2, -0.15) is 5.26 Å². The second-order valence-electron chi connectivity index (χ2n) is 4.79. The van der Waals surface area contributed by atoms with Crippen molar-refractivity contribution in [2.45, 2.75) is 9.79 Å². The normalized spacial score (nSPS) is 11.3. The number of benzene rings is 2. The minimum Gasteiger partial charge on any atom is -0.357 e. The van der Waals surface area contributed by atoms with Crippen molar-refractivity contribution in [1.29, 1.82) is 5.26 Å². The summed E-state index contributed by atoms with van der Waals surface area (Å²) in [5.74, 6) is -0.643. The number of nitrogens with one attached hydrogen (secondary N) is 1. The standard InChI is InChI=1S/C16H9FN2O3S/c17-13-6-2-5-12-15(13)19-9-14(16(12)20)23(21,22)11-4-1-3-10(7-11)8-18/h1-7,9H,(H,19,20). The number of H-pyrrole nitrogens is 1. The largest absolute Gasteiger partial charge is 0.357 e. The molecule has 0 unspecified atom stereocenters. The highest BCUT2D eigenvalue weighted by Gasteiger charge is 2.23. The van der Waals surface area contributed by atoms with Crippen LogP contribution in [0.15, 0.2) is 63.2 Å². The number of fused-ring (bicyclic) bond motifs is 1. The lowest BCUT2D eigenvalue weighted by molar-refractivity contribution is 0.595. The Labute approximate surface area is 130 Å². The molecule has 1 N–H and O–H groups in total. The molecule has 23 heavy (non-hydrogen) atoms. The molecule has 0 atom stereocenters. The van der Waals surface area contributed by atoms with Gasteiger partial charge in [-0.25, -0.2) is 12.8 Å². The van der Waals surface area contributed by atoms with Crippen LogP contribution in [-0.4, -0.2) is 13.4 Å². The van der Waals surface area contributed by atoms with Crippen LogP contribution in [0.4, 0.5) is 4.39 Å². The third kappa shape index (κ3) is 2.39. The van der Waals surface area contributed by atoms with E-state index in [-0.39, 0.29) is 21.4 Å². The molecule has 5 nitrogen and oxygen atoms in total. The molecule has 1 heterocycles. The predicted octanol–water partition coefficient (Wildman–Crippen LogP) is 2.37. The Bertz CT molecular complexity index is 1130. The van der Waals surface area contributed by atoms with E-state index in [1.165, 1.54) is 42.5 Å². The predicted molar refractivity (Wildman–Crippen MR) is 81.1 cm³/mol. The first-order valence-electron chi connectivity index (χ1n) is 6.50. The minimum atomic E-state index is -4.12. The molecular weight excluding hydrogens is 319 g/mol. The third-order valence-corrected chi connectivity index (χ3v) is 5.15. The number of hydrogen-bond donors (Lipinski definition) is 1. The zero-order chi connectivity index (χ0) is 16.6. The van der Waals surface area contributed by atoms with Gasteiger partial charge < -0.3 is 4.98 Å². The summed E-state index contributed by atoms with van der Waals surface area (Å²) < 4.78 is 38.9. The second-order valence-corrected chi connectivity index (χ2v) is 6.71. The zero-order valence-corrected chi connectivity index (χ0v) is 12.4. The Kier molecular flexibility index (Phi) is 3.47. The van der Waals surface area contributed by atoms with E-state index >= 15 is 0 Å². The van der Waals surface area contributed by atoms with E-state index in [1.807, 2.05) is 6.07 Å². The molecule has 114 valence electrons. The number of nitrogens with zero attached hydrogens (tertiary/aromatic N) is 1. The highest BCUT2D eigenvalue weighted by atomic mass is 32.2. The summed E-state index contributed by atoms with van der Waals surface area (Å²) >= 11 is 0. The van der Waals surface area contributed by atoms with Crippen molar-refractivity contribution >= 4 is 20.7 Å². The molecule has 1 aromatic heterocycles. The Hall–Kier alpha value is -2.98. The van der Waals surface area contributed by atoms with Crippen LogP contribution >= 0.6 is 0 Å². The number of para-hydroxylation sites is 1. The van der Waals surface area contributed by atoms with Crippen LogP contribution in [0, 0.1) is 17.1 Å². The lowest BCUT2D eigenvalue weighted by Crippen LogP contribution is -2.16. The first-order valence-corrected chi connectivity index (χ1v) is 7.98. The van der Waals surface area contributed by atoms with Gasteiger partial charge in [-0.1, -0.05) is 12.1 Å². The van der Waals surface area contributed by atoms with Gasteiger partial charge in [0.15, 0.2) is 0 Å². The summed E-state index contributed by atoms with van der Waals surface area (Å²) in [5, 5.41) is 8.82. The fraction of sp³-hybridized carbons (Fsp3) is 0. The smallest absolute Gasteiger partial charge is 0.211 e. The Morgan fingerprint density at radius 2 is 1.87 bits per heavy atom. The highest BCUT2D eigenvalue weighted by Crippen LogP contribution is 2.21. The van der Waals surface area contributed by atoms with Gasteiger partial charge in [-0.3, -0.25) is 4.79 Å². The van der Waals surface area contributed by atoms with Crippen LogP contribution in [0.1, 0.15) is 5.56 Å². The molecule has 2 aromatic carbocycles.